The van der Waals surface area contributed by atoms with E-state index in [1.807, 2.05) is 0 Å². The molecule has 0 aliphatic rings. The smallest absolute Gasteiger partial charge is 0.325 e. The van der Waals surface area contributed by atoms with Gasteiger partial charge in [-0.1, -0.05) is 11.6 Å². The molecule has 18 heavy (non-hydrogen) atoms. The first kappa shape index (κ1) is 12.2. The predicted octanol–water partition coefficient (Wildman–Crippen LogP) is 1.56. The number of imidazole rings is 1. The van der Waals surface area contributed by atoms with Crippen molar-refractivity contribution in [2.75, 3.05) is 0 Å². The molecule has 0 fully saturated rings. The molecule has 0 atom stereocenters. The number of nitro groups is 1. The maximum atomic E-state index is 11.0. The molecular formula is C10H8ClN3O4. The number of hydrogen-bond donors (Lipinski definition) is 3. The Labute approximate surface area is 105 Å². The number of rotatable bonds is 3. The molecule has 0 aliphatic carbocycles. The molecule has 0 saturated carbocycles. The first-order valence-corrected chi connectivity index (χ1v) is 5.28. The molecule has 8 heteroatoms. The zero-order valence-electron chi connectivity index (χ0n) is 8.94. The highest BCUT2D eigenvalue weighted by molar-refractivity contribution is 6.30. The van der Waals surface area contributed by atoms with E-state index in [9.17, 15) is 20.0 Å². The minimum Gasteiger partial charge on any atom is -0.493 e. The van der Waals surface area contributed by atoms with Crippen molar-refractivity contribution in [3.05, 3.63) is 55.1 Å². The van der Waals surface area contributed by atoms with Gasteiger partial charge in [0.25, 0.3) is 5.69 Å². The highest BCUT2D eigenvalue weighted by atomic mass is 35.5. The number of hydrogen-bond acceptors (Lipinski definition) is 4. The number of H-pyrrole nitrogens is 2. The van der Waals surface area contributed by atoms with E-state index in [1.54, 1.807) is 0 Å². The molecule has 3 N–H and O–H groups in total. The van der Waals surface area contributed by atoms with Crippen molar-refractivity contribution in [2.24, 2.45) is 0 Å². The van der Waals surface area contributed by atoms with E-state index >= 15 is 0 Å². The topological polar surface area (TPSA) is 112 Å². The van der Waals surface area contributed by atoms with Gasteiger partial charge in [0.2, 0.25) is 5.88 Å². The zero-order chi connectivity index (χ0) is 13.3. The molecule has 7 nitrogen and oxygen atoms in total. The molecule has 1 aromatic carbocycles. The fourth-order valence-electron chi connectivity index (χ4n) is 1.60. The van der Waals surface area contributed by atoms with Crippen LogP contribution < -0.4 is 5.69 Å². The molecule has 2 rings (SSSR count). The fourth-order valence-corrected chi connectivity index (χ4v) is 1.80. The average Bonchev–Trinajstić information content (AvgIpc) is 2.57. The Morgan fingerprint density at radius 3 is 2.67 bits per heavy atom. The van der Waals surface area contributed by atoms with Gasteiger partial charge < -0.3 is 10.1 Å². The van der Waals surface area contributed by atoms with Crippen LogP contribution in [0.25, 0.3) is 0 Å². The molecule has 0 unspecified atom stereocenters. The molecule has 1 heterocycles. The second kappa shape index (κ2) is 4.53. The second-order valence-corrected chi connectivity index (χ2v) is 4.05. The van der Waals surface area contributed by atoms with Crippen LogP contribution in [0.5, 0.6) is 5.88 Å². The number of aromatic nitrogens is 2. The van der Waals surface area contributed by atoms with Gasteiger partial charge in [0, 0.05) is 23.1 Å². The third-order valence-electron chi connectivity index (χ3n) is 2.39. The van der Waals surface area contributed by atoms with Gasteiger partial charge in [-0.25, -0.2) is 4.79 Å². The van der Waals surface area contributed by atoms with Crippen LogP contribution in [-0.4, -0.2) is 20.0 Å². The lowest BCUT2D eigenvalue weighted by Gasteiger charge is -2.02. The minimum absolute atomic E-state index is 0.00144. The van der Waals surface area contributed by atoms with Gasteiger partial charge >= 0.3 is 5.69 Å². The number of nitro benzene ring substituents is 1. The number of halogens is 1. The van der Waals surface area contributed by atoms with Crippen molar-refractivity contribution in [3.63, 3.8) is 0 Å². The third-order valence-corrected chi connectivity index (χ3v) is 2.62. The first-order chi connectivity index (χ1) is 8.47. The second-order valence-electron chi connectivity index (χ2n) is 3.61. The molecule has 0 amide bonds. The SMILES string of the molecule is O=c1[nH]c(O)c(Cc2cc(Cl)ccc2[N+](=O)[O-])[nH]1. The normalized spacial score (nSPS) is 10.5. The summed E-state index contributed by atoms with van der Waals surface area (Å²) in [5.74, 6) is -0.339. The summed E-state index contributed by atoms with van der Waals surface area (Å²) in [5, 5.41) is 20.6. The van der Waals surface area contributed by atoms with E-state index < -0.39 is 10.6 Å². The molecule has 2 aromatic rings. The molecule has 0 saturated heterocycles. The lowest BCUT2D eigenvalue weighted by atomic mass is 10.1. The first-order valence-electron chi connectivity index (χ1n) is 4.90. The molecule has 0 aliphatic heterocycles. The van der Waals surface area contributed by atoms with Gasteiger partial charge in [0.15, 0.2) is 0 Å². The van der Waals surface area contributed by atoms with Gasteiger partial charge in [-0.05, 0) is 12.1 Å². The van der Waals surface area contributed by atoms with Crippen LogP contribution in [0.4, 0.5) is 5.69 Å². The van der Waals surface area contributed by atoms with Crippen molar-refractivity contribution in [3.8, 4) is 5.88 Å². The molecule has 1 aromatic heterocycles. The standard InChI is InChI=1S/C10H8ClN3O4/c11-6-1-2-8(14(17)18)5(3-6)4-7-9(15)13-10(16)12-7/h1-3,15H,4H2,(H2,12,13,16). The van der Waals surface area contributed by atoms with Crippen LogP contribution in [0.15, 0.2) is 23.0 Å². The maximum Gasteiger partial charge on any atom is 0.325 e. The van der Waals surface area contributed by atoms with Crippen LogP contribution in [-0.2, 0) is 6.42 Å². The van der Waals surface area contributed by atoms with Crippen molar-refractivity contribution >= 4 is 17.3 Å². The number of aromatic amines is 2. The number of aromatic hydroxyl groups is 1. The number of nitrogens with zero attached hydrogens (tertiary/aromatic N) is 1. The lowest BCUT2D eigenvalue weighted by molar-refractivity contribution is -0.385. The van der Waals surface area contributed by atoms with E-state index in [4.69, 9.17) is 11.6 Å². The largest absolute Gasteiger partial charge is 0.493 e. The molecule has 0 radical (unpaired) electrons. The summed E-state index contributed by atoms with van der Waals surface area (Å²) in [6.45, 7) is 0. The van der Waals surface area contributed by atoms with E-state index in [0.717, 1.165) is 0 Å². The van der Waals surface area contributed by atoms with Gasteiger partial charge in [0.1, 0.15) is 0 Å². The molecular weight excluding hydrogens is 262 g/mol. The summed E-state index contributed by atoms with van der Waals surface area (Å²) in [4.78, 5) is 25.7. The van der Waals surface area contributed by atoms with E-state index in [-0.39, 0.29) is 23.7 Å². The monoisotopic (exact) mass is 269 g/mol. The van der Waals surface area contributed by atoms with Crippen molar-refractivity contribution in [2.45, 2.75) is 6.42 Å². The quantitative estimate of drug-likeness (QED) is 0.580. The summed E-state index contributed by atoms with van der Waals surface area (Å²) in [7, 11) is 0. The zero-order valence-corrected chi connectivity index (χ0v) is 9.69. The van der Waals surface area contributed by atoms with Gasteiger partial charge in [-0.2, -0.15) is 0 Å². The Hall–Kier alpha value is -2.28. The Kier molecular flexibility index (Phi) is 3.07. The van der Waals surface area contributed by atoms with Gasteiger partial charge in [-0.15, -0.1) is 0 Å². The Balaban J connectivity index is 2.45. The summed E-state index contributed by atoms with van der Waals surface area (Å²) in [6, 6.07) is 4.10. The predicted molar refractivity (Wildman–Crippen MR) is 64.0 cm³/mol. The summed E-state index contributed by atoms with van der Waals surface area (Å²) in [6.07, 6.45) is 0.00144. The highest BCUT2D eigenvalue weighted by Crippen LogP contribution is 2.26. The summed E-state index contributed by atoms with van der Waals surface area (Å²) < 4.78 is 0. The summed E-state index contributed by atoms with van der Waals surface area (Å²) >= 11 is 5.77. The Morgan fingerprint density at radius 2 is 2.11 bits per heavy atom. The molecule has 94 valence electrons. The van der Waals surface area contributed by atoms with Crippen molar-refractivity contribution in [1.29, 1.82) is 0 Å². The van der Waals surface area contributed by atoms with Crippen LogP contribution in [0.1, 0.15) is 11.3 Å². The Bertz CT molecular complexity index is 661. The van der Waals surface area contributed by atoms with E-state index in [0.29, 0.717) is 10.6 Å². The number of benzene rings is 1. The number of nitrogens with one attached hydrogen (secondary N) is 2. The minimum atomic E-state index is -0.577. The van der Waals surface area contributed by atoms with Gasteiger partial charge in [-0.3, -0.25) is 15.1 Å². The maximum absolute atomic E-state index is 11.0. The fraction of sp³-hybridized carbons (Fsp3) is 0.100. The lowest BCUT2D eigenvalue weighted by Crippen LogP contribution is -2.02. The van der Waals surface area contributed by atoms with Crippen molar-refractivity contribution in [1.82, 2.24) is 9.97 Å². The van der Waals surface area contributed by atoms with Crippen LogP contribution >= 0.6 is 11.6 Å². The van der Waals surface area contributed by atoms with Crippen LogP contribution in [0.2, 0.25) is 5.02 Å². The van der Waals surface area contributed by atoms with Gasteiger partial charge in [0.05, 0.1) is 10.6 Å². The van der Waals surface area contributed by atoms with E-state index in [1.165, 1.54) is 18.2 Å². The summed E-state index contributed by atoms with van der Waals surface area (Å²) in [5.41, 5.74) is -0.226. The average molecular weight is 270 g/mol. The van der Waals surface area contributed by atoms with Crippen LogP contribution in [0.3, 0.4) is 0 Å². The third kappa shape index (κ3) is 2.35. The highest BCUT2D eigenvalue weighted by Gasteiger charge is 2.17. The van der Waals surface area contributed by atoms with E-state index in [2.05, 4.69) is 9.97 Å². The molecule has 0 spiro atoms. The Morgan fingerprint density at radius 1 is 1.39 bits per heavy atom. The molecule has 0 bridgehead atoms. The van der Waals surface area contributed by atoms with Crippen molar-refractivity contribution < 1.29 is 10.0 Å². The van der Waals surface area contributed by atoms with Crippen LogP contribution in [0, 0.1) is 10.1 Å².